The minimum absolute atomic E-state index is 0. The predicted molar refractivity (Wildman–Crippen MR) is 244 cm³/mol. The summed E-state index contributed by atoms with van der Waals surface area (Å²) in [6, 6.07) is 24.1. The van der Waals surface area contributed by atoms with E-state index in [1.807, 2.05) is 62.4 Å². The van der Waals surface area contributed by atoms with Crippen molar-refractivity contribution in [3.05, 3.63) is 116 Å². The van der Waals surface area contributed by atoms with Crippen LogP contribution in [0.5, 0.6) is 23.0 Å². The van der Waals surface area contributed by atoms with Gasteiger partial charge in [0, 0.05) is 98.3 Å². The molecular weight excluding hydrogens is 866 g/mol. The van der Waals surface area contributed by atoms with E-state index in [0.29, 0.717) is 26.2 Å². The topological polar surface area (TPSA) is 137 Å². The first-order valence-corrected chi connectivity index (χ1v) is 22.8. The number of carbonyl (C=O) groups excluding carboxylic acids is 1. The third-order valence-corrected chi connectivity index (χ3v) is 13.0. The van der Waals surface area contributed by atoms with E-state index < -0.39 is 5.97 Å². The Balaban J connectivity index is 0.000000234. The standard InChI is InChI=1S/C26H32ClNO4.C24H28ClNO4.Na.H2O/c1-4-19-7-6-8-23(27)22(19)15-31-21-10-9-20-13-26(32-24(20)12-21)16-28(17-26)14-18(3)11-25(29)30-5-2;1-3-17-5-4-6-21(25)20(17)13-29-19-8-7-18-11-24(30-22(18)10-19)14-26(15-24)12-16(2)9-23(27)28;;/h6-10,12,18H,4-5,11,13-17H2,1-3H3;4-8,10,16H,3,9,11-15H2,1-2H3,(H,27,28);;1H2/q;;+1;/p-1. The van der Waals surface area contributed by atoms with Crippen LogP contribution in [-0.4, -0.2) is 89.4 Å². The molecule has 2 atom stereocenters. The fraction of sp³-hybridized carbons (Fsp3) is 0.480. The number of fused-ring (bicyclic) bond motifs is 2. The normalized spacial score (nSPS) is 17.0. The molecule has 4 aliphatic heterocycles. The fourth-order valence-electron chi connectivity index (χ4n) is 9.43. The summed E-state index contributed by atoms with van der Waals surface area (Å²) in [6.45, 7) is 16.6. The van der Waals surface area contributed by atoms with Crippen LogP contribution in [0.1, 0.15) is 80.8 Å². The van der Waals surface area contributed by atoms with Crippen molar-refractivity contribution in [2.24, 2.45) is 11.8 Å². The van der Waals surface area contributed by atoms with Gasteiger partial charge in [-0.05, 0) is 78.1 Å². The Morgan fingerprint density at radius 3 is 1.55 bits per heavy atom. The molecule has 2 fully saturated rings. The van der Waals surface area contributed by atoms with Crippen LogP contribution >= 0.6 is 23.2 Å². The molecule has 0 aliphatic carbocycles. The zero-order chi connectivity index (χ0) is 44.0. The van der Waals surface area contributed by atoms with Crippen molar-refractivity contribution in [1.82, 2.24) is 9.80 Å². The number of ether oxygens (including phenoxy) is 5. The molecule has 64 heavy (non-hydrogen) atoms. The van der Waals surface area contributed by atoms with Crippen molar-refractivity contribution in [2.45, 2.75) is 97.6 Å². The van der Waals surface area contributed by atoms with Gasteiger partial charge < -0.3 is 34.3 Å². The smallest absolute Gasteiger partial charge is 0.870 e. The minimum atomic E-state index is -0.738. The fourth-order valence-corrected chi connectivity index (χ4v) is 9.93. The summed E-state index contributed by atoms with van der Waals surface area (Å²) in [6.07, 6.45) is 4.30. The molecule has 340 valence electrons. The molecule has 0 amide bonds. The summed E-state index contributed by atoms with van der Waals surface area (Å²) < 4.78 is 29.9. The number of aliphatic carboxylic acids is 1. The molecular formula is C50H61Cl2N2NaO9. The van der Waals surface area contributed by atoms with Crippen molar-refractivity contribution in [3.8, 4) is 23.0 Å². The van der Waals surface area contributed by atoms with E-state index in [9.17, 15) is 9.59 Å². The van der Waals surface area contributed by atoms with Crippen LogP contribution in [0.3, 0.4) is 0 Å². The van der Waals surface area contributed by atoms with Gasteiger partial charge in [0.25, 0.3) is 0 Å². The first-order chi connectivity index (χ1) is 29.8. The number of aryl methyl sites for hydroxylation is 2. The molecule has 0 saturated carbocycles. The number of benzene rings is 4. The summed E-state index contributed by atoms with van der Waals surface area (Å²) in [7, 11) is 0. The van der Waals surface area contributed by atoms with E-state index in [4.69, 9.17) is 52.0 Å². The minimum Gasteiger partial charge on any atom is -0.870 e. The number of hydrogen-bond acceptors (Lipinski definition) is 10. The van der Waals surface area contributed by atoms with E-state index in [1.165, 1.54) is 22.3 Å². The quantitative estimate of drug-likeness (QED) is 0.0923. The van der Waals surface area contributed by atoms with E-state index in [2.05, 4.69) is 54.8 Å². The second-order valence-corrected chi connectivity index (χ2v) is 18.5. The zero-order valence-corrected chi connectivity index (χ0v) is 41.6. The Kier molecular flexibility index (Phi) is 18.3. The van der Waals surface area contributed by atoms with Gasteiger partial charge in [0.15, 0.2) is 0 Å². The number of carboxylic acid groups (broad SMARTS) is 1. The van der Waals surface area contributed by atoms with Gasteiger partial charge in [-0.1, -0.05) is 87.3 Å². The molecule has 2 spiro atoms. The van der Waals surface area contributed by atoms with Gasteiger partial charge in [0.1, 0.15) is 47.4 Å². The molecule has 0 aromatic heterocycles. The average molecular weight is 928 g/mol. The Bertz CT molecular complexity index is 2230. The van der Waals surface area contributed by atoms with Crippen LogP contribution < -0.4 is 48.5 Å². The SMILES string of the molecule is CCOC(=O)CC(C)CN1CC2(Cc3ccc(OCc4c(Cl)cccc4CC)cc3O2)C1.CCc1cccc(Cl)c1COc1ccc2c(c1)OC1(C2)CN(CC(C)CC(=O)O)C1.[Na+].[OH-]. The van der Waals surface area contributed by atoms with Crippen LogP contribution in [0.25, 0.3) is 0 Å². The van der Waals surface area contributed by atoms with Crippen LogP contribution in [0.2, 0.25) is 10.0 Å². The second-order valence-electron chi connectivity index (χ2n) is 17.7. The van der Waals surface area contributed by atoms with Gasteiger partial charge in [-0.25, -0.2) is 0 Å². The van der Waals surface area contributed by atoms with Gasteiger partial charge in [-0.2, -0.15) is 0 Å². The monoisotopic (exact) mass is 926 g/mol. The molecule has 2 unspecified atom stereocenters. The summed E-state index contributed by atoms with van der Waals surface area (Å²) in [4.78, 5) is 27.2. The van der Waals surface area contributed by atoms with Crippen LogP contribution in [0, 0.1) is 11.8 Å². The molecule has 11 nitrogen and oxygen atoms in total. The molecule has 2 N–H and O–H groups in total. The molecule has 2 saturated heterocycles. The summed E-state index contributed by atoms with van der Waals surface area (Å²) >= 11 is 12.8. The number of likely N-dealkylation sites (tertiary alicyclic amines) is 2. The number of nitrogens with zero attached hydrogens (tertiary/aromatic N) is 2. The first kappa shape index (κ1) is 51.5. The maximum absolute atomic E-state index is 11.7. The molecule has 14 heteroatoms. The number of hydrogen-bond donors (Lipinski definition) is 1. The summed E-state index contributed by atoms with van der Waals surface area (Å²) in [5, 5.41) is 10.4. The van der Waals surface area contributed by atoms with Crippen molar-refractivity contribution in [1.29, 1.82) is 0 Å². The van der Waals surface area contributed by atoms with Crippen molar-refractivity contribution in [3.63, 3.8) is 0 Å². The van der Waals surface area contributed by atoms with Crippen molar-refractivity contribution < 1.29 is 73.4 Å². The third-order valence-electron chi connectivity index (χ3n) is 12.2. The van der Waals surface area contributed by atoms with Crippen LogP contribution in [-0.2, 0) is 53.2 Å². The van der Waals surface area contributed by atoms with Gasteiger partial charge in [0.2, 0.25) is 0 Å². The Labute approximate surface area is 410 Å². The van der Waals surface area contributed by atoms with Gasteiger partial charge >= 0.3 is 41.5 Å². The van der Waals surface area contributed by atoms with E-state index in [1.54, 1.807) is 0 Å². The largest absolute Gasteiger partial charge is 1.00 e. The van der Waals surface area contributed by atoms with Crippen molar-refractivity contribution in [2.75, 3.05) is 45.9 Å². The van der Waals surface area contributed by atoms with Gasteiger partial charge in [-0.3, -0.25) is 19.4 Å². The number of carbonyl (C=O) groups is 2. The molecule has 8 rings (SSSR count). The third kappa shape index (κ3) is 12.7. The first-order valence-electron chi connectivity index (χ1n) is 22.0. The van der Waals surface area contributed by atoms with Crippen LogP contribution in [0.15, 0.2) is 72.8 Å². The van der Waals surface area contributed by atoms with E-state index >= 15 is 0 Å². The molecule has 4 aliphatic rings. The number of carboxylic acids is 1. The summed E-state index contributed by atoms with van der Waals surface area (Å²) in [5.41, 5.74) is 6.58. The molecule has 4 aromatic rings. The van der Waals surface area contributed by atoms with E-state index in [0.717, 1.165) is 109 Å². The number of halogens is 2. The van der Waals surface area contributed by atoms with Gasteiger partial charge in [-0.15, -0.1) is 0 Å². The molecule has 4 heterocycles. The predicted octanol–water partition coefficient (Wildman–Crippen LogP) is 6.47. The molecule has 0 bridgehead atoms. The van der Waals surface area contributed by atoms with Crippen LogP contribution in [0.4, 0.5) is 0 Å². The second kappa shape index (κ2) is 22.8. The van der Waals surface area contributed by atoms with Gasteiger partial charge in [0.05, 0.1) is 6.61 Å². The number of esters is 1. The average Bonchev–Trinajstić information content (AvgIpc) is 3.78. The Hall–Kier alpha value is -3.52. The molecule has 0 radical (unpaired) electrons. The number of rotatable bonds is 17. The Morgan fingerprint density at radius 1 is 0.703 bits per heavy atom. The Morgan fingerprint density at radius 2 is 1.14 bits per heavy atom. The zero-order valence-electron chi connectivity index (χ0n) is 38.1. The molecule has 4 aromatic carbocycles. The summed E-state index contributed by atoms with van der Waals surface area (Å²) in [5.74, 6) is 2.93. The van der Waals surface area contributed by atoms with E-state index in [-0.39, 0.29) is 70.5 Å². The van der Waals surface area contributed by atoms with Crippen molar-refractivity contribution >= 4 is 35.1 Å². The maximum Gasteiger partial charge on any atom is 1.00 e. The maximum atomic E-state index is 11.7.